The summed E-state index contributed by atoms with van der Waals surface area (Å²) in [7, 11) is 0. The third kappa shape index (κ3) is 2.96. The van der Waals surface area contributed by atoms with Crippen LogP contribution >= 0.6 is 0 Å². The van der Waals surface area contributed by atoms with Gasteiger partial charge in [0.1, 0.15) is 0 Å². The molecule has 1 N–H and O–H groups in total. The van der Waals surface area contributed by atoms with Crippen molar-refractivity contribution >= 4 is 0 Å². The summed E-state index contributed by atoms with van der Waals surface area (Å²) in [5.41, 5.74) is 2.08. The van der Waals surface area contributed by atoms with Crippen LogP contribution in [0.4, 0.5) is 0 Å². The highest BCUT2D eigenvalue weighted by molar-refractivity contribution is 5.15. The first-order valence-electron chi connectivity index (χ1n) is 9.20. The lowest BCUT2D eigenvalue weighted by molar-refractivity contribution is 0.0559. The Labute approximate surface area is 134 Å². The normalized spacial score (nSPS) is 29.2. The fourth-order valence-corrected chi connectivity index (χ4v) is 4.79. The number of piperidine rings is 1. The van der Waals surface area contributed by atoms with E-state index in [0.29, 0.717) is 5.92 Å². The predicted octanol–water partition coefficient (Wildman–Crippen LogP) is 3.49. The minimum atomic E-state index is -0.163. The molecule has 1 saturated heterocycles. The first-order chi connectivity index (χ1) is 10.8. The summed E-state index contributed by atoms with van der Waals surface area (Å²) >= 11 is 0. The zero-order chi connectivity index (χ0) is 15.0. The molecule has 0 amide bonds. The summed E-state index contributed by atoms with van der Waals surface area (Å²) in [6.45, 7) is 3.73. The minimum absolute atomic E-state index is 0.163. The highest BCUT2D eigenvalue weighted by Crippen LogP contribution is 2.65. The number of hydrogen-bond donors (Lipinski definition) is 1. The SMILES string of the molecule is O[C@H](Cc1ccccc1)C1CCN(C[C@@H]2CC23CCC3)CC1. The third-order valence-electron chi connectivity index (χ3n) is 6.65. The number of rotatable bonds is 5. The molecule has 2 saturated carbocycles. The van der Waals surface area contributed by atoms with Gasteiger partial charge in [0.15, 0.2) is 0 Å². The van der Waals surface area contributed by atoms with E-state index in [1.807, 2.05) is 6.07 Å². The van der Waals surface area contributed by atoms with Gasteiger partial charge in [-0.15, -0.1) is 0 Å². The number of benzene rings is 1. The fourth-order valence-electron chi connectivity index (χ4n) is 4.79. The smallest absolute Gasteiger partial charge is 0.0609 e. The molecule has 0 aromatic heterocycles. The molecule has 0 unspecified atom stereocenters. The zero-order valence-corrected chi connectivity index (χ0v) is 13.6. The van der Waals surface area contributed by atoms with Crippen molar-refractivity contribution in [2.45, 2.75) is 51.0 Å². The van der Waals surface area contributed by atoms with E-state index in [-0.39, 0.29) is 6.10 Å². The molecule has 0 radical (unpaired) electrons. The van der Waals surface area contributed by atoms with Gasteiger partial charge in [0, 0.05) is 6.54 Å². The summed E-state index contributed by atoms with van der Waals surface area (Å²) in [5.74, 6) is 1.50. The molecule has 1 aromatic carbocycles. The zero-order valence-electron chi connectivity index (χ0n) is 13.6. The highest BCUT2D eigenvalue weighted by Gasteiger charge is 2.57. The van der Waals surface area contributed by atoms with Crippen molar-refractivity contribution in [2.24, 2.45) is 17.3 Å². The van der Waals surface area contributed by atoms with E-state index in [4.69, 9.17) is 0 Å². The van der Waals surface area contributed by atoms with Crippen LogP contribution in [0.3, 0.4) is 0 Å². The standard InChI is InChI=1S/C20H29NO/c22-19(13-16-5-2-1-3-6-16)17-7-11-21(12-8-17)15-18-14-20(18)9-4-10-20/h1-3,5-6,17-19,22H,4,7-15H2/t18-,19+/m0/s1. The number of aliphatic hydroxyl groups excluding tert-OH is 1. The molecule has 2 nitrogen and oxygen atoms in total. The Morgan fingerprint density at radius 2 is 1.86 bits per heavy atom. The van der Waals surface area contributed by atoms with Crippen LogP contribution in [0.5, 0.6) is 0 Å². The molecular weight excluding hydrogens is 270 g/mol. The number of nitrogens with zero attached hydrogens (tertiary/aromatic N) is 1. The molecule has 3 fully saturated rings. The van der Waals surface area contributed by atoms with Crippen molar-refractivity contribution in [1.29, 1.82) is 0 Å². The molecular formula is C20H29NO. The van der Waals surface area contributed by atoms with Gasteiger partial charge in [-0.2, -0.15) is 0 Å². The summed E-state index contributed by atoms with van der Waals surface area (Å²) in [6.07, 6.45) is 8.99. The van der Waals surface area contributed by atoms with Gasteiger partial charge in [-0.25, -0.2) is 0 Å². The number of likely N-dealkylation sites (tertiary alicyclic amines) is 1. The largest absolute Gasteiger partial charge is 0.392 e. The van der Waals surface area contributed by atoms with Crippen LogP contribution in [-0.4, -0.2) is 35.7 Å². The summed E-state index contributed by atoms with van der Waals surface area (Å²) in [4.78, 5) is 2.67. The van der Waals surface area contributed by atoms with Crippen LogP contribution in [0.15, 0.2) is 30.3 Å². The topological polar surface area (TPSA) is 23.5 Å². The van der Waals surface area contributed by atoms with Crippen molar-refractivity contribution in [3.63, 3.8) is 0 Å². The van der Waals surface area contributed by atoms with Crippen molar-refractivity contribution in [2.75, 3.05) is 19.6 Å². The van der Waals surface area contributed by atoms with Gasteiger partial charge in [-0.3, -0.25) is 0 Å². The molecule has 1 aromatic rings. The van der Waals surface area contributed by atoms with Crippen molar-refractivity contribution in [3.8, 4) is 0 Å². The maximum Gasteiger partial charge on any atom is 0.0609 e. The number of hydrogen-bond acceptors (Lipinski definition) is 2. The van der Waals surface area contributed by atoms with E-state index >= 15 is 0 Å². The number of aliphatic hydroxyl groups is 1. The van der Waals surface area contributed by atoms with E-state index in [1.54, 1.807) is 0 Å². The minimum Gasteiger partial charge on any atom is -0.392 e. The molecule has 22 heavy (non-hydrogen) atoms. The van der Waals surface area contributed by atoms with Crippen molar-refractivity contribution in [1.82, 2.24) is 4.90 Å². The van der Waals surface area contributed by atoms with E-state index in [9.17, 15) is 5.11 Å². The van der Waals surface area contributed by atoms with Gasteiger partial charge >= 0.3 is 0 Å². The van der Waals surface area contributed by atoms with Crippen LogP contribution in [0.1, 0.15) is 44.1 Å². The first-order valence-corrected chi connectivity index (χ1v) is 9.20. The van der Waals surface area contributed by atoms with Crippen LogP contribution in [0.2, 0.25) is 0 Å². The Morgan fingerprint density at radius 1 is 1.14 bits per heavy atom. The lowest BCUT2D eigenvalue weighted by atomic mass is 9.79. The van der Waals surface area contributed by atoms with Gasteiger partial charge in [0.25, 0.3) is 0 Å². The molecule has 2 heteroatoms. The Hall–Kier alpha value is -0.860. The van der Waals surface area contributed by atoms with Gasteiger partial charge in [-0.1, -0.05) is 36.8 Å². The van der Waals surface area contributed by atoms with E-state index in [2.05, 4.69) is 29.2 Å². The van der Waals surface area contributed by atoms with Gasteiger partial charge in [0.05, 0.1) is 6.10 Å². The highest BCUT2D eigenvalue weighted by atomic mass is 16.3. The molecule has 120 valence electrons. The van der Waals surface area contributed by atoms with Crippen molar-refractivity contribution in [3.05, 3.63) is 35.9 Å². The molecule has 0 bridgehead atoms. The Balaban J connectivity index is 1.22. The molecule has 2 aliphatic carbocycles. The molecule has 4 rings (SSSR count). The van der Waals surface area contributed by atoms with Crippen LogP contribution in [0, 0.1) is 17.3 Å². The molecule has 3 aliphatic rings. The van der Waals surface area contributed by atoms with Crippen LogP contribution in [-0.2, 0) is 6.42 Å². The Morgan fingerprint density at radius 3 is 2.45 bits per heavy atom. The summed E-state index contributed by atoms with van der Waals surface area (Å²) in [6, 6.07) is 10.4. The van der Waals surface area contributed by atoms with Gasteiger partial charge < -0.3 is 10.0 Å². The second kappa shape index (κ2) is 5.98. The lowest BCUT2D eigenvalue weighted by Crippen LogP contribution is -2.40. The Kier molecular flexibility index (Phi) is 4.00. The van der Waals surface area contributed by atoms with E-state index < -0.39 is 0 Å². The maximum absolute atomic E-state index is 10.5. The molecule has 2 atom stereocenters. The average molecular weight is 299 g/mol. The summed E-state index contributed by atoms with van der Waals surface area (Å²) in [5, 5.41) is 10.5. The molecule has 1 spiro atoms. The quantitative estimate of drug-likeness (QED) is 0.899. The average Bonchev–Trinajstić information content (AvgIpc) is 3.23. The van der Waals surface area contributed by atoms with E-state index in [0.717, 1.165) is 17.8 Å². The first kappa shape index (κ1) is 14.7. The summed E-state index contributed by atoms with van der Waals surface area (Å²) < 4.78 is 0. The molecule has 1 heterocycles. The second-order valence-corrected chi connectivity index (χ2v) is 8.01. The van der Waals surface area contributed by atoms with Gasteiger partial charge in [-0.05, 0) is 74.4 Å². The monoisotopic (exact) mass is 299 g/mol. The Bertz CT molecular complexity index is 488. The van der Waals surface area contributed by atoms with E-state index in [1.165, 1.54) is 63.7 Å². The van der Waals surface area contributed by atoms with Gasteiger partial charge in [0.2, 0.25) is 0 Å². The van der Waals surface area contributed by atoms with Crippen molar-refractivity contribution < 1.29 is 5.11 Å². The maximum atomic E-state index is 10.5. The predicted molar refractivity (Wildman–Crippen MR) is 89.7 cm³/mol. The fraction of sp³-hybridized carbons (Fsp3) is 0.700. The lowest BCUT2D eigenvalue weighted by Gasteiger charge is -2.35. The molecule has 1 aliphatic heterocycles. The second-order valence-electron chi connectivity index (χ2n) is 8.01. The van der Waals surface area contributed by atoms with Crippen LogP contribution in [0.25, 0.3) is 0 Å². The van der Waals surface area contributed by atoms with Crippen LogP contribution < -0.4 is 0 Å². The third-order valence-corrected chi connectivity index (χ3v) is 6.65.